The first-order valence-electron chi connectivity index (χ1n) is 24.6. The molecule has 340 valence electrons. The zero-order valence-electron chi connectivity index (χ0n) is 40.0. The normalized spacial score (nSPS) is 14.2. The summed E-state index contributed by atoms with van der Waals surface area (Å²) in [5.41, 5.74) is 18.5. The summed E-state index contributed by atoms with van der Waals surface area (Å²) in [4.78, 5) is 2.92. The van der Waals surface area contributed by atoms with E-state index >= 15 is 0 Å². The minimum absolute atomic E-state index is 0.00233. The summed E-state index contributed by atoms with van der Waals surface area (Å²) in [5.74, 6) is 0. The van der Waals surface area contributed by atoms with Gasteiger partial charge in [-0.1, -0.05) is 220 Å². The van der Waals surface area contributed by atoms with Crippen molar-refractivity contribution in [3.05, 3.63) is 244 Å². The fourth-order valence-corrected chi connectivity index (χ4v) is 15.9. The number of halogens is 1. The van der Waals surface area contributed by atoms with Gasteiger partial charge in [0.05, 0.1) is 15.7 Å². The molecule has 0 radical (unpaired) electrons. The number of nitrogens with zero attached hydrogens (tertiary/aromatic N) is 1. The van der Waals surface area contributed by atoms with Gasteiger partial charge in [0.15, 0.2) is 0 Å². The maximum absolute atomic E-state index is 3.43. The Morgan fingerprint density at radius 3 is 1.65 bits per heavy atom. The molecule has 13 aromatic rings. The lowest BCUT2D eigenvalue weighted by Gasteiger charge is -2.21. The van der Waals surface area contributed by atoms with Crippen LogP contribution in [-0.4, -0.2) is 4.57 Å². The van der Waals surface area contributed by atoms with Gasteiger partial charge in [-0.15, -0.1) is 22.7 Å². The van der Waals surface area contributed by atoms with Crippen LogP contribution in [0.3, 0.4) is 0 Å². The second-order valence-electron chi connectivity index (χ2n) is 20.5. The van der Waals surface area contributed by atoms with Crippen molar-refractivity contribution in [1.29, 1.82) is 0 Å². The molecule has 3 aliphatic rings. The number of fused-ring (bicyclic) bond motifs is 20. The molecule has 4 heteroatoms. The van der Waals surface area contributed by atoms with Crippen LogP contribution in [0.5, 0.6) is 0 Å². The Bertz CT molecular complexity index is 4350. The van der Waals surface area contributed by atoms with Gasteiger partial charge in [0, 0.05) is 52.6 Å². The average molecular weight is 1010 g/mol. The maximum Gasteiger partial charge on any atom is 0.0719 e. The molecule has 0 N–H and O–H groups in total. The van der Waals surface area contributed by atoms with Gasteiger partial charge in [0.2, 0.25) is 0 Å². The van der Waals surface area contributed by atoms with Gasteiger partial charge in [-0.3, -0.25) is 0 Å². The minimum Gasteiger partial charge on any atom is -0.308 e. The third kappa shape index (κ3) is 6.41. The number of aromatic nitrogens is 1. The second-order valence-corrected chi connectivity index (χ2v) is 23.4. The Hall–Kier alpha value is -7.08. The first-order chi connectivity index (χ1) is 34.6. The van der Waals surface area contributed by atoms with E-state index in [1.54, 1.807) is 0 Å². The summed E-state index contributed by atoms with van der Waals surface area (Å²) in [6, 6.07) is 75.2. The molecule has 3 aliphatic carbocycles. The molecular weight excluding hydrogens is 963 g/mol. The molecule has 3 aromatic heterocycles. The smallest absolute Gasteiger partial charge is 0.0719 e. The lowest BCUT2D eigenvalue weighted by molar-refractivity contribution is 0.667. The lowest BCUT2D eigenvalue weighted by atomic mass is 9.81. The summed E-state index contributed by atoms with van der Waals surface area (Å²) in [6.45, 7) is 9.53. The van der Waals surface area contributed by atoms with E-state index in [1.165, 1.54) is 135 Å². The average Bonchev–Trinajstić information content (AvgIpc) is 4.24. The predicted molar refractivity (Wildman–Crippen MR) is 311 cm³/mol. The van der Waals surface area contributed by atoms with Crippen molar-refractivity contribution in [2.45, 2.75) is 44.9 Å². The van der Waals surface area contributed by atoms with Gasteiger partial charge in [-0.05, 0) is 118 Å². The van der Waals surface area contributed by atoms with E-state index in [4.69, 9.17) is 0 Å². The van der Waals surface area contributed by atoms with Crippen LogP contribution in [-0.2, 0) is 17.3 Å². The lowest BCUT2D eigenvalue weighted by Crippen LogP contribution is -2.14. The summed E-state index contributed by atoms with van der Waals surface area (Å²) in [6.07, 6.45) is 1.07. The van der Waals surface area contributed by atoms with Crippen LogP contribution in [0, 0.1) is 0 Å². The molecule has 10 aromatic carbocycles. The molecule has 0 unspecified atom stereocenters. The van der Waals surface area contributed by atoms with Crippen LogP contribution in [0.4, 0.5) is 0 Å². The van der Waals surface area contributed by atoms with E-state index in [1.807, 2.05) is 22.7 Å². The van der Waals surface area contributed by atoms with Crippen molar-refractivity contribution in [2.24, 2.45) is 0 Å². The second kappa shape index (κ2) is 16.0. The molecule has 0 spiro atoms. The standard InChI is InChI=1S/C33H23NS.C24H18S.C10H7Br/c1-33(2)27-13-7-5-12-25(27)31-29(33)26-18-17-24-23-11-6-8-14-28(23)34(30(24)32(26)35-31)22-16-15-20-9-3-4-10-21(20)19-22;1-24(2)20-10-6-5-9-17(20)23-21(24)18-12-11-16-15-8-4-3-7-14(15)13-19(16)22(18)25-23;11-10-6-5-8-3-1-2-4-9(8)7-10/h3-19H,1-2H3;3-12H,13H2,1-2H3;1-7H. The Labute approximate surface area is 430 Å². The summed E-state index contributed by atoms with van der Waals surface area (Å²) in [7, 11) is 0. The van der Waals surface area contributed by atoms with E-state index in [-0.39, 0.29) is 10.8 Å². The van der Waals surface area contributed by atoms with Crippen molar-refractivity contribution >= 4 is 102 Å². The first kappa shape index (κ1) is 42.8. The van der Waals surface area contributed by atoms with Gasteiger partial charge < -0.3 is 4.57 Å². The Balaban J connectivity index is 0.000000113. The highest BCUT2D eigenvalue weighted by Crippen LogP contribution is 2.58. The van der Waals surface area contributed by atoms with Crippen molar-refractivity contribution in [3.8, 4) is 37.7 Å². The van der Waals surface area contributed by atoms with Gasteiger partial charge in [0.25, 0.3) is 0 Å². The quantitative estimate of drug-likeness (QED) is 0.154. The third-order valence-electron chi connectivity index (χ3n) is 15.8. The van der Waals surface area contributed by atoms with Gasteiger partial charge >= 0.3 is 0 Å². The number of para-hydroxylation sites is 1. The Morgan fingerprint density at radius 2 is 0.944 bits per heavy atom. The molecule has 0 saturated carbocycles. The molecule has 3 heterocycles. The SMILES string of the molecule is Brc1ccc2ccccc2c1.CC1(C)c2ccccc2-c2sc3c(ccc4c5ccccc5n(-c5ccc6ccccc6c5)c43)c21.CC1(C)c2ccccc2-c2sc3c4c(ccc3c21)-c1ccccc1C4. The Kier molecular flexibility index (Phi) is 9.62. The molecule has 0 bridgehead atoms. The van der Waals surface area contributed by atoms with Crippen LogP contribution in [0.25, 0.3) is 101 Å². The molecule has 0 aliphatic heterocycles. The summed E-state index contributed by atoms with van der Waals surface area (Å²) in [5, 5.41) is 10.6. The molecule has 0 fully saturated rings. The highest BCUT2D eigenvalue weighted by atomic mass is 79.9. The van der Waals surface area contributed by atoms with Gasteiger partial charge in [-0.2, -0.15) is 0 Å². The molecule has 0 amide bonds. The predicted octanol–water partition coefficient (Wildman–Crippen LogP) is 19.8. The number of hydrogen-bond donors (Lipinski definition) is 0. The van der Waals surface area contributed by atoms with E-state index < -0.39 is 0 Å². The number of thiophene rings is 2. The van der Waals surface area contributed by atoms with Crippen LogP contribution in [0.15, 0.2) is 211 Å². The molecule has 0 saturated heterocycles. The third-order valence-corrected chi connectivity index (χ3v) is 18.8. The Morgan fingerprint density at radius 1 is 0.423 bits per heavy atom. The van der Waals surface area contributed by atoms with Crippen LogP contribution >= 0.6 is 38.6 Å². The van der Waals surface area contributed by atoms with Crippen LogP contribution in [0.2, 0.25) is 0 Å². The highest BCUT2D eigenvalue weighted by Gasteiger charge is 2.40. The van der Waals surface area contributed by atoms with Gasteiger partial charge in [0.1, 0.15) is 0 Å². The molecule has 71 heavy (non-hydrogen) atoms. The van der Waals surface area contributed by atoms with Crippen molar-refractivity contribution in [3.63, 3.8) is 0 Å². The zero-order chi connectivity index (χ0) is 47.8. The molecule has 1 nitrogen and oxygen atoms in total. The molecular formula is C67H48BrNS2. The highest BCUT2D eigenvalue weighted by molar-refractivity contribution is 9.10. The van der Waals surface area contributed by atoms with Crippen LogP contribution in [0.1, 0.15) is 61.1 Å². The zero-order valence-corrected chi connectivity index (χ0v) is 43.2. The summed E-state index contributed by atoms with van der Waals surface area (Å²) < 4.78 is 6.52. The topological polar surface area (TPSA) is 4.93 Å². The monoisotopic (exact) mass is 1010 g/mol. The molecule has 0 atom stereocenters. The van der Waals surface area contributed by atoms with E-state index in [9.17, 15) is 0 Å². The van der Waals surface area contributed by atoms with E-state index in [2.05, 4.69) is 254 Å². The van der Waals surface area contributed by atoms with Crippen molar-refractivity contribution in [1.82, 2.24) is 4.57 Å². The fourth-order valence-electron chi connectivity index (χ4n) is 12.5. The maximum atomic E-state index is 3.43. The number of rotatable bonds is 1. The number of hydrogen-bond acceptors (Lipinski definition) is 2. The van der Waals surface area contributed by atoms with Crippen LogP contribution < -0.4 is 0 Å². The fraction of sp³-hybridized carbons (Fsp3) is 0.104. The van der Waals surface area contributed by atoms with E-state index in [0.717, 1.165) is 10.9 Å². The van der Waals surface area contributed by atoms with Crippen molar-refractivity contribution < 1.29 is 0 Å². The van der Waals surface area contributed by atoms with Crippen molar-refractivity contribution in [2.75, 3.05) is 0 Å². The largest absolute Gasteiger partial charge is 0.308 e. The molecule has 16 rings (SSSR count). The number of benzene rings is 10. The van der Waals surface area contributed by atoms with E-state index in [0.29, 0.717) is 0 Å². The minimum atomic E-state index is -0.00233. The van der Waals surface area contributed by atoms with Gasteiger partial charge in [-0.25, -0.2) is 0 Å². The first-order valence-corrected chi connectivity index (χ1v) is 27.1. The summed E-state index contributed by atoms with van der Waals surface area (Å²) >= 11 is 7.41.